The molecule has 0 amide bonds. The molecule has 0 aromatic heterocycles. The first-order chi connectivity index (χ1) is 6.77. The van der Waals surface area contributed by atoms with Gasteiger partial charge in [-0.05, 0) is 18.8 Å². The molecule has 2 nitrogen and oxygen atoms in total. The van der Waals surface area contributed by atoms with Crippen LogP contribution in [0.2, 0.25) is 0 Å². The van der Waals surface area contributed by atoms with Gasteiger partial charge in [0.15, 0.2) is 6.29 Å². The predicted octanol–water partition coefficient (Wildman–Crippen LogP) is 3.21. The number of ether oxygens (including phenoxy) is 2. The van der Waals surface area contributed by atoms with E-state index in [1.807, 2.05) is 0 Å². The van der Waals surface area contributed by atoms with Crippen LogP contribution in [0.15, 0.2) is 0 Å². The minimum atomic E-state index is 0.0789. The molecular weight excluding hydrogens is 176 g/mol. The van der Waals surface area contributed by atoms with Crippen LogP contribution in [0.4, 0.5) is 0 Å². The van der Waals surface area contributed by atoms with Gasteiger partial charge in [0.2, 0.25) is 0 Å². The third-order valence-electron chi connectivity index (χ3n) is 3.23. The van der Waals surface area contributed by atoms with Crippen molar-refractivity contribution in [1.29, 1.82) is 0 Å². The Balaban J connectivity index is 2.17. The Morgan fingerprint density at radius 3 is 2.36 bits per heavy atom. The number of hydrogen-bond donors (Lipinski definition) is 0. The van der Waals surface area contributed by atoms with Gasteiger partial charge in [-0.1, -0.05) is 33.6 Å². The minimum absolute atomic E-state index is 0.0789. The normalized spacial score (nSPS) is 30.2. The van der Waals surface area contributed by atoms with Crippen molar-refractivity contribution < 1.29 is 9.47 Å². The van der Waals surface area contributed by atoms with Gasteiger partial charge >= 0.3 is 0 Å². The summed E-state index contributed by atoms with van der Waals surface area (Å²) in [5.41, 5.74) is 0. The third-order valence-corrected chi connectivity index (χ3v) is 3.23. The van der Waals surface area contributed by atoms with E-state index in [-0.39, 0.29) is 6.29 Å². The molecule has 0 unspecified atom stereocenters. The molecule has 1 heterocycles. The van der Waals surface area contributed by atoms with E-state index in [1.54, 1.807) is 0 Å². The lowest BCUT2D eigenvalue weighted by atomic mass is 9.93. The third kappa shape index (κ3) is 3.58. The van der Waals surface area contributed by atoms with Gasteiger partial charge in [-0.3, -0.25) is 0 Å². The average Bonchev–Trinajstić information content (AvgIpc) is 2.26. The van der Waals surface area contributed by atoms with E-state index in [0.717, 1.165) is 25.6 Å². The van der Waals surface area contributed by atoms with Crippen molar-refractivity contribution in [3.8, 4) is 0 Å². The summed E-state index contributed by atoms with van der Waals surface area (Å²) in [5.74, 6) is 1.33. The van der Waals surface area contributed by atoms with E-state index < -0.39 is 0 Å². The summed E-state index contributed by atoms with van der Waals surface area (Å²) < 4.78 is 11.4. The first kappa shape index (κ1) is 12.0. The summed E-state index contributed by atoms with van der Waals surface area (Å²) in [6.45, 7) is 8.50. The van der Waals surface area contributed by atoms with Crippen molar-refractivity contribution in [2.75, 3.05) is 13.2 Å². The van der Waals surface area contributed by atoms with Gasteiger partial charge in [0.1, 0.15) is 0 Å². The largest absolute Gasteiger partial charge is 0.352 e. The molecule has 1 atom stereocenters. The fourth-order valence-electron chi connectivity index (χ4n) is 1.76. The Hall–Kier alpha value is -0.0800. The first-order valence-corrected chi connectivity index (χ1v) is 6.01. The SMILES string of the molecule is CCCCC1OCC([C@@H](C)CC)CO1. The summed E-state index contributed by atoms with van der Waals surface area (Å²) in [7, 11) is 0. The highest BCUT2D eigenvalue weighted by molar-refractivity contribution is 4.68. The van der Waals surface area contributed by atoms with Crippen molar-refractivity contribution in [3.05, 3.63) is 0 Å². The van der Waals surface area contributed by atoms with Crippen LogP contribution in [-0.2, 0) is 9.47 Å². The zero-order chi connectivity index (χ0) is 10.4. The second kappa shape index (κ2) is 6.41. The lowest BCUT2D eigenvalue weighted by Crippen LogP contribution is -2.35. The molecule has 0 bridgehead atoms. The van der Waals surface area contributed by atoms with Crippen molar-refractivity contribution >= 4 is 0 Å². The van der Waals surface area contributed by atoms with Crippen LogP contribution >= 0.6 is 0 Å². The Labute approximate surface area is 88.0 Å². The molecule has 1 fully saturated rings. The van der Waals surface area contributed by atoms with Gasteiger partial charge in [-0.25, -0.2) is 0 Å². The number of rotatable bonds is 5. The summed E-state index contributed by atoms with van der Waals surface area (Å²) in [6, 6.07) is 0. The molecule has 0 N–H and O–H groups in total. The van der Waals surface area contributed by atoms with E-state index in [0.29, 0.717) is 5.92 Å². The van der Waals surface area contributed by atoms with E-state index in [1.165, 1.54) is 19.3 Å². The van der Waals surface area contributed by atoms with Crippen LogP contribution in [0, 0.1) is 11.8 Å². The van der Waals surface area contributed by atoms with Crippen LogP contribution in [0.5, 0.6) is 0 Å². The average molecular weight is 200 g/mol. The zero-order valence-corrected chi connectivity index (χ0v) is 9.79. The molecule has 0 aliphatic carbocycles. The van der Waals surface area contributed by atoms with E-state index >= 15 is 0 Å². The number of hydrogen-bond acceptors (Lipinski definition) is 2. The summed E-state index contributed by atoms with van der Waals surface area (Å²) in [4.78, 5) is 0. The Morgan fingerprint density at radius 2 is 1.86 bits per heavy atom. The van der Waals surface area contributed by atoms with E-state index in [9.17, 15) is 0 Å². The summed E-state index contributed by atoms with van der Waals surface area (Å²) in [6.07, 6.45) is 4.78. The lowest BCUT2D eigenvalue weighted by Gasteiger charge is -2.32. The van der Waals surface area contributed by atoms with E-state index in [4.69, 9.17) is 9.47 Å². The van der Waals surface area contributed by atoms with Crippen LogP contribution < -0.4 is 0 Å². The standard InChI is InChI=1S/C12H24O2/c1-4-6-7-12-13-8-11(9-14-12)10(3)5-2/h10-12H,4-9H2,1-3H3/t10-,11?,12?/m0/s1. The molecular formula is C12H24O2. The molecule has 0 spiro atoms. The van der Waals surface area contributed by atoms with Gasteiger partial charge in [0, 0.05) is 5.92 Å². The molecule has 0 radical (unpaired) electrons. The molecule has 0 aromatic rings. The zero-order valence-electron chi connectivity index (χ0n) is 9.79. The summed E-state index contributed by atoms with van der Waals surface area (Å²) >= 11 is 0. The highest BCUT2D eigenvalue weighted by Gasteiger charge is 2.24. The minimum Gasteiger partial charge on any atom is -0.352 e. The van der Waals surface area contributed by atoms with Gasteiger partial charge in [-0.15, -0.1) is 0 Å². The quantitative estimate of drug-likeness (QED) is 0.678. The first-order valence-electron chi connectivity index (χ1n) is 6.01. The topological polar surface area (TPSA) is 18.5 Å². The van der Waals surface area contributed by atoms with Gasteiger partial charge in [-0.2, -0.15) is 0 Å². The van der Waals surface area contributed by atoms with Crippen LogP contribution in [0.1, 0.15) is 46.5 Å². The maximum atomic E-state index is 5.69. The van der Waals surface area contributed by atoms with Crippen molar-refractivity contribution in [2.24, 2.45) is 11.8 Å². The monoisotopic (exact) mass is 200 g/mol. The smallest absolute Gasteiger partial charge is 0.157 e. The highest BCUT2D eigenvalue weighted by Crippen LogP contribution is 2.23. The van der Waals surface area contributed by atoms with Crippen LogP contribution in [0.25, 0.3) is 0 Å². The van der Waals surface area contributed by atoms with Crippen molar-refractivity contribution in [2.45, 2.75) is 52.7 Å². The fraction of sp³-hybridized carbons (Fsp3) is 1.00. The second-order valence-corrected chi connectivity index (χ2v) is 4.38. The predicted molar refractivity (Wildman–Crippen MR) is 58.2 cm³/mol. The van der Waals surface area contributed by atoms with Gasteiger partial charge in [0.05, 0.1) is 13.2 Å². The Morgan fingerprint density at radius 1 is 1.21 bits per heavy atom. The molecule has 14 heavy (non-hydrogen) atoms. The van der Waals surface area contributed by atoms with Crippen molar-refractivity contribution in [3.63, 3.8) is 0 Å². The fourth-order valence-corrected chi connectivity index (χ4v) is 1.76. The van der Waals surface area contributed by atoms with Crippen LogP contribution in [-0.4, -0.2) is 19.5 Å². The van der Waals surface area contributed by atoms with Crippen LogP contribution in [0.3, 0.4) is 0 Å². The summed E-state index contributed by atoms with van der Waals surface area (Å²) in [5, 5.41) is 0. The number of unbranched alkanes of at least 4 members (excludes halogenated alkanes) is 1. The molecule has 1 saturated heterocycles. The maximum Gasteiger partial charge on any atom is 0.157 e. The molecule has 0 saturated carbocycles. The van der Waals surface area contributed by atoms with E-state index in [2.05, 4.69) is 20.8 Å². The lowest BCUT2D eigenvalue weighted by molar-refractivity contribution is -0.210. The van der Waals surface area contributed by atoms with Gasteiger partial charge < -0.3 is 9.47 Å². The molecule has 1 rings (SSSR count). The molecule has 1 aliphatic rings. The molecule has 84 valence electrons. The second-order valence-electron chi connectivity index (χ2n) is 4.38. The Bertz CT molecular complexity index is 139. The molecule has 0 aromatic carbocycles. The van der Waals surface area contributed by atoms with Crippen molar-refractivity contribution in [1.82, 2.24) is 0 Å². The highest BCUT2D eigenvalue weighted by atomic mass is 16.7. The molecule has 2 heteroatoms. The maximum absolute atomic E-state index is 5.69. The van der Waals surface area contributed by atoms with Gasteiger partial charge in [0.25, 0.3) is 0 Å². The molecule has 1 aliphatic heterocycles. The Kier molecular flexibility index (Phi) is 5.49.